The van der Waals surface area contributed by atoms with Gasteiger partial charge in [-0.2, -0.15) is 4.31 Å². The maximum absolute atomic E-state index is 12.5. The smallest absolute Gasteiger partial charge is 0.309 e. The van der Waals surface area contributed by atoms with Gasteiger partial charge in [0.25, 0.3) is 0 Å². The molecule has 7 heteroatoms. The molecular formula is C13H16INO4S. The van der Waals surface area contributed by atoms with E-state index in [0.717, 1.165) is 3.57 Å². The summed E-state index contributed by atoms with van der Waals surface area (Å²) < 4.78 is 32.1. The molecule has 0 radical (unpaired) electrons. The number of ether oxygens (including phenoxy) is 1. The van der Waals surface area contributed by atoms with E-state index >= 15 is 0 Å². The van der Waals surface area contributed by atoms with Crippen LogP contribution in [-0.4, -0.2) is 38.9 Å². The Morgan fingerprint density at radius 2 is 2.00 bits per heavy atom. The number of halogens is 1. The van der Waals surface area contributed by atoms with E-state index < -0.39 is 10.0 Å². The van der Waals surface area contributed by atoms with Crippen molar-refractivity contribution in [3.05, 3.63) is 27.8 Å². The quantitative estimate of drug-likeness (QED) is 0.565. The Hall–Kier alpha value is -0.670. The molecule has 1 saturated heterocycles. The molecule has 1 fully saturated rings. The van der Waals surface area contributed by atoms with Crippen LogP contribution in [0.5, 0.6) is 0 Å². The summed E-state index contributed by atoms with van der Waals surface area (Å²) in [6.45, 7) is 0.642. The van der Waals surface area contributed by atoms with E-state index in [1.165, 1.54) is 11.4 Å². The summed E-state index contributed by atoms with van der Waals surface area (Å²) in [6.07, 6.45) is 1.34. The predicted molar refractivity (Wildman–Crippen MR) is 82.7 cm³/mol. The summed E-state index contributed by atoms with van der Waals surface area (Å²) in [5.41, 5.74) is 0. The zero-order valence-electron chi connectivity index (χ0n) is 11.1. The van der Waals surface area contributed by atoms with Gasteiger partial charge in [-0.3, -0.25) is 4.79 Å². The van der Waals surface area contributed by atoms with Crippen molar-refractivity contribution in [1.82, 2.24) is 4.31 Å². The molecule has 1 atom stereocenters. The first-order valence-electron chi connectivity index (χ1n) is 6.28. The van der Waals surface area contributed by atoms with Gasteiger partial charge in [0.15, 0.2) is 0 Å². The van der Waals surface area contributed by atoms with Gasteiger partial charge in [-0.1, -0.05) is 0 Å². The fourth-order valence-electron chi connectivity index (χ4n) is 2.28. The van der Waals surface area contributed by atoms with Crippen LogP contribution >= 0.6 is 22.6 Å². The number of rotatable bonds is 3. The number of esters is 1. The van der Waals surface area contributed by atoms with E-state index in [4.69, 9.17) is 4.74 Å². The van der Waals surface area contributed by atoms with Crippen LogP contribution in [0.1, 0.15) is 12.8 Å². The van der Waals surface area contributed by atoms with Crippen molar-refractivity contribution in [2.45, 2.75) is 17.7 Å². The molecule has 5 nitrogen and oxygen atoms in total. The summed E-state index contributed by atoms with van der Waals surface area (Å²) in [6, 6.07) is 6.71. The molecule has 0 N–H and O–H groups in total. The third-order valence-electron chi connectivity index (χ3n) is 3.37. The molecule has 0 amide bonds. The highest BCUT2D eigenvalue weighted by molar-refractivity contribution is 14.1. The number of piperidine rings is 1. The highest BCUT2D eigenvalue weighted by Crippen LogP contribution is 2.24. The number of carbonyl (C=O) groups is 1. The first-order chi connectivity index (χ1) is 9.45. The number of carbonyl (C=O) groups excluding carboxylic acids is 1. The lowest BCUT2D eigenvalue weighted by atomic mass is 10.0. The van der Waals surface area contributed by atoms with Gasteiger partial charge in [0.1, 0.15) is 0 Å². The van der Waals surface area contributed by atoms with Crippen LogP contribution in [-0.2, 0) is 19.6 Å². The molecule has 0 spiro atoms. The number of methoxy groups -OCH3 is 1. The minimum Gasteiger partial charge on any atom is -0.469 e. The number of hydrogen-bond donors (Lipinski definition) is 0. The fourth-order valence-corrected chi connectivity index (χ4v) is 4.16. The van der Waals surface area contributed by atoms with Gasteiger partial charge in [-0.25, -0.2) is 8.42 Å². The second-order valence-corrected chi connectivity index (χ2v) is 7.86. The molecule has 0 aliphatic carbocycles. The zero-order valence-corrected chi connectivity index (χ0v) is 14.1. The van der Waals surface area contributed by atoms with Crippen LogP contribution in [0.15, 0.2) is 29.2 Å². The molecular weight excluding hydrogens is 393 g/mol. The normalized spacial score (nSPS) is 20.6. The third kappa shape index (κ3) is 3.32. The van der Waals surface area contributed by atoms with Crippen LogP contribution in [0.4, 0.5) is 0 Å². The van der Waals surface area contributed by atoms with Crippen molar-refractivity contribution >= 4 is 38.6 Å². The molecule has 1 heterocycles. The Morgan fingerprint density at radius 1 is 1.35 bits per heavy atom. The van der Waals surface area contributed by atoms with Gasteiger partial charge in [0, 0.05) is 16.7 Å². The topological polar surface area (TPSA) is 63.7 Å². The molecule has 0 unspecified atom stereocenters. The fraction of sp³-hybridized carbons (Fsp3) is 0.462. The summed E-state index contributed by atoms with van der Waals surface area (Å²) >= 11 is 2.13. The standard InChI is InChI=1S/C13H16INO4S/c1-19-13(16)10-3-2-8-15(9-10)20(17,18)12-6-4-11(14)5-7-12/h4-7,10H,2-3,8-9H2,1H3/t10-/m0/s1. The predicted octanol–water partition coefficient (Wildman–Crippen LogP) is 1.86. The highest BCUT2D eigenvalue weighted by atomic mass is 127. The summed E-state index contributed by atoms with van der Waals surface area (Å²) in [5, 5.41) is 0. The molecule has 1 aromatic rings. The summed E-state index contributed by atoms with van der Waals surface area (Å²) in [4.78, 5) is 11.8. The molecule has 1 aliphatic rings. The number of nitrogens with zero attached hydrogens (tertiary/aromatic N) is 1. The van der Waals surface area contributed by atoms with Gasteiger partial charge in [0.2, 0.25) is 10.0 Å². The van der Waals surface area contributed by atoms with Crippen molar-refractivity contribution in [1.29, 1.82) is 0 Å². The van der Waals surface area contributed by atoms with Crippen molar-refractivity contribution in [3.63, 3.8) is 0 Å². The number of sulfonamides is 1. The highest BCUT2D eigenvalue weighted by Gasteiger charge is 2.33. The molecule has 0 bridgehead atoms. The van der Waals surface area contributed by atoms with Crippen molar-refractivity contribution in [2.24, 2.45) is 5.92 Å². The van der Waals surface area contributed by atoms with Gasteiger partial charge in [0.05, 0.1) is 17.9 Å². The lowest BCUT2D eigenvalue weighted by Gasteiger charge is -2.30. The first kappa shape index (κ1) is 15.7. The third-order valence-corrected chi connectivity index (χ3v) is 5.97. The Balaban J connectivity index is 2.21. The molecule has 0 aromatic heterocycles. The maximum atomic E-state index is 12.5. The van der Waals surface area contributed by atoms with E-state index in [-0.39, 0.29) is 23.3 Å². The number of benzene rings is 1. The van der Waals surface area contributed by atoms with Crippen LogP contribution in [0, 0.1) is 9.49 Å². The molecule has 1 aliphatic heterocycles. The van der Waals surface area contributed by atoms with Crippen molar-refractivity contribution in [2.75, 3.05) is 20.2 Å². The molecule has 110 valence electrons. The van der Waals surface area contributed by atoms with E-state index in [9.17, 15) is 13.2 Å². The average Bonchev–Trinajstić information content (AvgIpc) is 2.47. The maximum Gasteiger partial charge on any atom is 0.309 e. The molecule has 1 aromatic carbocycles. The molecule has 20 heavy (non-hydrogen) atoms. The van der Waals surface area contributed by atoms with Crippen LogP contribution in [0.25, 0.3) is 0 Å². The van der Waals surface area contributed by atoms with E-state index in [1.54, 1.807) is 24.3 Å². The largest absolute Gasteiger partial charge is 0.469 e. The van der Waals surface area contributed by atoms with Crippen molar-refractivity contribution in [3.8, 4) is 0 Å². The van der Waals surface area contributed by atoms with Gasteiger partial charge in [-0.15, -0.1) is 0 Å². The van der Waals surface area contributed by atoms with E-state index in [1.807, 2.05) is 0 Å². The van der Waals surface area contributed by atoms with Crippen LogP contribution in [0.3, 0.4) is 0 Å². The second-order valence-electron chi connectivity index (χ2n) is 4.68. The molecule has 0 saturated carbocycles. The average molecular weight is 409 g/mol. The Kier molecular flexibility index (Phi) is 5.03. The lowest BCUT2D eigenvalue weighted by molar-refractivity contribution is -0.146. The minimum absolute atomic E-state index is 0.195. The van der Waals surface area contributed by atoms with E-state index in [0.29, 0.717) is 19.4 Å². The second kappa shape index (κ2) is 6.40. The van der Waals surface area contributed by atoms with Gasteiger partial charge >= 0.3 is 5.97 Å². The lowest BCUT2D eigenvalue weighted by Crippen LogP contribution is -2.42. The Morgan fingerprint density at radius 3 is 2.60 bits per heavy atom. The summed E-state index contributed by atoms with van der Waals surface area (Å²) in [7, 11) is -2.20. The van der Waals surface area contributed by atoms with Crippen LogP contribution < -0.4 is 0 Å². The zero-order chi connectivity index (χ0) is 14.8. The first-order valence-corrected chi connectivity index (χ1v) is 8.80. The van der Waals surface area contributed by atoms with Gasteiger partial charge < -0.3 is 4.74 Å². The summed E-state index contributed by atoms with van der Waals surface area (Å²) in [5.74, 6) is -0.708. The Labute approximate surface area is 132 Å². The van der Waals surface area contributed by atoms with Crippen LogP contribution in [0.2, 0.25) is 0 Å². The number of hydrogen-bond acceptors (Lipinski definition) is 4. The van der Waals surface area contributed by atoms with Crippen molar-refractivity contribution < 1.29 is 17.9 Å². The van der Waals surface area contributed by atoms with E-state index in [2.05, 4.69) is 22.6 Å². The minimum atomic E-state index is -3.53. The molecule has 2 rings (SSSR count). The monoisotopic (exact) mass is 409 g/mol. The Bertz CT molecular complexity index is 585. The van der Waals surface area contributed by atoms with Gasteiger partial charge in [-0.05, 0) is 59.7 Å². The SMILES string of the molecule is COC(=O)[C@H]1CCCN(S(=O)(=O)c2ccc(I)cc2)C1.